The molecule has 2 atom stereocenters. The summed E-state index contributed by atoms with van der Waals surface area (Å²) in [4.78, 5) is 10.6. The largest absolute Gasteiger partial charge is 0.467 e. The monoisotopic (exact) mass is 144 g/mol. The van der Waals surface area contributed by atoms with E-state index in [0.29, 0.717) is 0 Å². The Morgan fingerprint density at radius 1 is 1.80 bits per heavy atom. The number of carbonyl (C=O) groups is 1. The molecule has 3 nitrogen and oxygen atoms in total. The molecule has 1 N–H and O–H groups in total. The zero-order valence-electron chi connectivity index (χ0n) is 6.20. The van der Waals surface area contributed by atoms with Crippen LogP contribution in [0.2, 0.25) is 0 Å². The highest BCUT2D eigenvalue weighted by atomic mass is 16.5. The van der Waals surface area contributed by atoms with Gasteiger partial charge in [-0.25, -0.2) is 4.79 Å². The molecule has 0 aromatic carbocycles. The van der Waals surface area contributed by atoms with Gasteiger partial charge in [0.25, 0.3) is 0 Å². The Labute approximate surface area is 60.3 Å². The topological polar surface area (TPSA) is 46.5 Å². The Morgan fingerprint density at radius 2 is 2.30 bits per heavy atom. The lowest BCUT2D eigenvalue weighted by Gasteiger charge is -2.11. The molecule has 0 saturated carbocycles. The van der Waals surface area contributed by atoms with Crippen LogP contribution < -0.4 is 0 Å². The van der Waals surface area contributed by atoms with Crippen molar-refractivity contribution in [2.75, 3.05) is 7.11 Å². The van der Waals surface area contributed by atoms with E-state index in [9.17, 15) is 4.79 Å². The molecule has 0 heterocycles. The van der Waals surface area contributed by atoms with Gasteiger partial charge in [-0.05, 0) is 0 Å². The third kappa shape index (κ3) is 2.19. The molecule has 1 unspecified atom stereocenters. The summed E-state index contributed by atoms with van der Waals surface area (Å²) in [6, 6.07) is 0. The number of hydrogen-bond donors (Lipinski definition) is 1. The second-order valence-electron chi connectivity index (χ2n) is 2.06. The molecule has 0 aliphatic rings. The Balaban J connectivity index is 3.93. The van der Waals surface area contributed by atoms with Crippen molar-refractivity contribution in [3.63, 3.8) is 0 Å². The van der Waals surface area contributed by atoms with Gasteiger partial charge in [0.2, 0.25) is 0 Å². The second kappa shape index (κ2) is 4.06. The molecular weight excluding hydrogens is 132 g/mol. The maximum atomic E-state index is 10.6. The van der Waals surface area contributed by atoms with Gasteiger partial charge in [-0.1, -0.05) is 13.0 Å². The predicted molar refractivity (Wildman–Crippen MR) is 37.4 cm³/mol. The molecule has 0 bridgehead atoms. The number of ether oxygens (including phenoxy) is 1. The zero-order chi connectivity index (χ0) is 8.15. The van der Waals surface area contributed by atoms with Gasteiger partial charge in [-0.15, -0.1) is 6.58 Å². The van der Waals surface area contributed by atoms with E-state index in [2.05, 4.69) is 11.3 Å². The Kier molecular flexibility index (Phi) is 3.72. The predicted octanol–water partition coefficient (Wildman–Crippen LogP) is 0.342. The number of esters is 1. The standard InChI is InChI=1S/C7H12O3/c1-4-5(2)6(8)7(9)10-3/h4-6,8H,1H2,2-3H3/t5-,6?/m0/s1. The van der Waals surface area contributed by atoms with Crippen molar-refractivity contribution < 1.29 is 14.6 Å². The maximum Gasteiger partial charge on any atom is 0.335 e. The van der Waals surface area contributed by atoms with E-state index in [0.717, 1.165) is 0 Å². The van der Waals surface area contributed by atoms with Gasteiger partial charge in [-0.2, -0.15) is 0 Å². The summed E-state index contributed by atoms with van der Waals surface area (Å²) in [5.74, 6) is -0.875. The minimum Gasteiger partial charge on any atom is -0.467 e. The summed E-state index contributed by atoms with van der Waals surface area (Å²) in [6.45, 7) is 5.12. The number of carbonyl (C=O) groups excluding carboxylic acids is 1. The van der Waals surface area contributed by atoms with Crippen molar-refractivity contribution in [2.24, 2.45) is 5.92 Å². The van der Waals surface area contributed by atoms with Crippen molar-refractivity contribution >= 4 is 5.97 Å². The summed E-state index contributed by atoms with van der Waals surface area (Å²) in [7, 11) is 1.24. The number of hydrogen-bond acceptors (Lipinski definition) is 3. The van der Waals surface area contributed by atoms with Crippen LogP contribution in [0.15, 0.2) is 12.7 Å². The molecule has 0 saturated heterocycles. The van der Waals surface area contributed by atoms with Crippen molar-refractivity contribution in [3.05, 3.63) is 12.7 Å². The average Bonchev–Trinajstić information content (AvgIpc) is 2.00. The van der Waals surface area contributed by atoms with Gasteiger partial charge in [0.05, 0.1) is 7.11 Å². The van der Waals surface area contributed by atoms with Gasteiger partial charge < -0.3 is 9.84 Å². The second-order valence-corrected chi connectivity index (χ2v) is 2.06. The number of methoxy groups -OCH3 is 1. The van der Waals surface area contributed by atoms with Gasteiger partial charge >= 0.3 is 5.97 Å². The third-order valence-electron chi connectivity index (χ3n) is 1.31. The molecule has 0 aliphatic heterocycles. The molecule has 58 valence electrons. The van der Waals surface area contributed by atoms with Crippen LogP contribution in [0.25, 0.3) is 0 Å². The molecule has 0 aromatic rings. The first kappa shape index (κ1) is 9.17. The third-order valence-corrected chi connectivity index (χ3v) is 1.31. The smallest absolute Gasteiger partial charge is 0.335 e. The fourth-order valence-corrected chi connectivity index (χ4v) is 0.464. The number of aliphatic hydroxyl groups is 1. The van der Waals surface area contributed by atoms with Crippen LogP contribution in [0.4, 0.5) is 0 Å². The van der Waals surface area contributed by atoms with Crippen LogP contribution in [0, 0.1) is 5.92 Å². The van der Waals surface area contributed by atoms with Crippen LogP contribution in [0.5, 0.6) is 0 Å². The fraction of sp³-hybridized carbons (Fsp3) is 0.571. The minimum absolute atomic E-state index is 0.257. The lowest BCUT2D eigenvalue weighted by Crippen LogP contribution is -2.27. The molecule has 10 heavy (non-hydrogen) atoms. The lowest BCUT2D eigenvalue weighted by molar-refractivity contribution is -0.152. The van der Waals surface area contributed by atoms with Crippen molar-refractivity contribution in [2.45, 2.75) is 13.0 Å². The quantitative estimate of drug-likeness (QED) is 0.459. The molecule has 0 rings (SSSR count). The SMILES string of the molecule is C=C[C@H](C)C(O)C(=O)OC. The molecule has 0 radical (unpaired) electrons. The number of rotatable bonds is 3. The fourth-order valence-electron chi connectivity index (χ4n) is 0.464. The summed E-state index contributed by atoms with van der Waals surface area (Å²) in [5.41, 5.74) is 0. The molecule has 3 heteroatoms. The Morgan fingerprint density at radius 3 is 2.60 bits per heavy atom. The van der Waals surface area contributed by atoms with Gasteiger partial charge in [-0.3, -0.25) is 0 Å². The zero-order valence-corrected chi connectivity index (χ0v) is 6.20. The minimum atomic E-state index is -1.08. The van der Waals surface area contributed by atoms with E-state index < -0.39 is 12.1 Å². The van der Waals surface area contributed by atoms with Crippen LogP contribution in [-0.4, -0.2) is 24.3 Å². The van der Waals surface area contributed by atoms with Gasteiger partial charge in [0.1, 0.15) is 0 Å². The number of aliphatic hydroxyl groups excluding tert-OH is 1. The van der Waals surface area contributed by atoms with Gasteiger partial charge in [0, 0.05) is 5.92 Å². The van der Waals surface area contributed by atoms with Crippen molar-refractivity contribution in [1.29, 1.82) is 0 Å². The van der Waals surface area contributed by atoms with E-state index in [1.165, 1.54) is 13.2 Å². The van der Waals surface area contributed by atoms with Crippen LogP contribution in [0.3, 0.4) is 0 Å². The highest BCUT2D eigenvalue weighted by molar-refractivity contribution is 5.74. The van der Waals surface area contributed by atoms with Gasteiger partial charge in [0.15, 0.2) is 6.10 Å². The van der Waals surface area contributed by atoms with Crippen LogP contribution >= 0.6 is 0 Å². The van der Waals surface area contributed by atoms with E-state index in [1.807, 2.05) is 0 Å². The maximum absolute atomic E-state index is 10.6. The Bertz CT molecular complexity index is 131. The van der Waals surface area contributed by atoms with Crippen LogP contribution in [0.1, 0.15) is 6.92 Å². The Hall–Kier alpha value is -0.830. The van der Waals surface area contributed by atoms with E-state index in [4.69, 9.17) is 5.11 Å². The first-order valence-corrected chi connectivity index (χ1v) is 3.02. The summed E-state index contributed by atoms with van der Waals surface area (Å²) in [6.07, 6.45) is 0.421. The highest BCUT2D eigenvalue weighted by Gasteiger charge is 2.19. The molecule has 0 fully saturated rings. The van der Waals surface area contributed by atoms with E-state index >= 15 is 0 Å². The van der Waals surface area contributed by atoms with E-state index in [1.54, 1.807) is 6.92 Å². The summed E-state index contributed by atoms with van der Waals surface area (Å²) < 4.78 is 4.30. The first-order chi connectivity index (χ1) is 4.63. The van der Waals surface area contributed by atoms with E-state index in [-0.39, 0.29) is 5.92 Å². The van der Waals surface area contributed by atoms with Crippen molar-refractivity contribution in [3.8, 4) is 0 Å². The first-order valence-electron chi connectivity index (χ1n) is 3.02. The molecule has 0 spiro atoms. The molecular formula is C7H12O3. The average molecular weight is 144 g/mol. The molecule has 0 aliphatic carbocycles. The lowest BCUT2D eigenvalue weighted by atomic mass is 10.1. The van der Waals surface area contributed by atoms with Crippen molar-refractivity contribution in [1.82, 2.24) is 0 Å². The van der Waals surface area contributed by atoms with Crippen LogP contribution in [-0.2, 0) is 9.53 Å². The molecule has 0 amide bonds. The molecule has 0 aromatic heterocycles. The summed E-state index contributed by atoms with van der Waals surface area (Å²) in [5, 5.41) is 9.04. The normalized spacial score (nSPS) is 15.5. The highest BCUT2D eigenvalue weighted by Crippen LogP contribution is 2.04. The summed E-state index contributed by atoms with van der Waals surface area (Å²) >= 11 is 0.